The van der Waals surface area contributed by atoms with Crippen molar-refractivity contribution in [3.63, 3.8) is 0 Å². The second kappa shape index (κ2) is 9.56. The molecule has 25 heavy (non-hydrogen) atoms. The Balaban J connectivity index is 1.78. The number of benzene rings is 1. The van der Waals surface area contributed by atoms with E-state index in [1.54, 1.807) is 36.0 Å². The van der Waals surface area contributed by atoms with Gasteiger partial charge in [-0.2, -0.15) is 4.31 Å². The first-order valence-corrected chi connectivity index (χ1v) is 11.2. The van der Waals surface area contributed by atoms with Crippen LogP contribution in [0.1, 0.15) is 19.3 Å². The lowest BCUT2D eigenvalue weighted by Gasteiger charge is -2.18. The Morgan fingerprint density at radius 1 is 1.24 bits per heavy atom. The quantitative estimate of drug-likeness (QED) is 0.517. The van der Waals surface area contributed by atoms with Crippen molar-refractivity contribution in [1.29, 1.82) is 0 Å². The van der Waals surface area contributed by atoms with Gasteiger partial charge in [0.05, 0.1) is 11.4 Å². The van der Waals surface area contributed by atoms with Gasteiger partial charge < -0.3 is 10.2 Å². The normalized spacial score (nSPS) is 15.6. The van der Waals surface area contributed by atoms with Gasteiger partial charge in [-0.1, -0.05) is 0 Å². The minimum atomic E-state index is -3.65. The Morgan fingerprint density at radius 3 is 2.48 bits per heavy atom. The van der Waals surface area contributed by atoms with Gasteiger partial charge in [0.15, 0.2) is 0 Å². The van der Waals surface area contributed by atoms with Crippen LogP contribution in [0.2, 0.25) is 0 Å². The molecule has 0 aliphatic carbocycles. The third kappa shape index (κ3) is 5.99. The van der Waals surface area contributed by atoms with Crippen molar-refractivity contribution in [2.75, 3.05) is 46.0 Å². The highest BCUT2D eigenvalue weighted by Gasteiger charge is 2.22. The topological polar surface area (TPSA) is 69.7 Å². The summed E-state index contributed by atoms with van der Waals surface area (Å²) in [6.07, 6.45) is 5.34. The van der Waals surface area contributed by atoms with Crippen LogP contribution in [0.4, 0.5) is 0 Å². The number of nitrogens with zero attached hydrogens (tertiary/aromatic N) is 2. The third-order valence-electron chi connectivity index (χ3n) is 4.31. The van der Waals surface area contributed by atoms with Gasteiger partial charge in [0, 0.05) is 18.5 Å². The van der Waals surface area contributed by atoms with E-state index in [1.165, 1.54) is 19.9 Å². The molecule has 0 atom stereocenters. The molecule has 1 aromatic carbocycles. The minimum absolute atomic E-state index is 0.170. The summed E-state index contributed by atoms with van der Waals surface area (Å²) in [6, 6.07) is 6.69. The molecule has 1 fully saturated rings. The van der Waals surface area contributed by atoms with Crippen LogP contribution in [0, 0.1) is 0 Å². The number of carbonyl (C=O) groups excluding carboxylic acids is 1. The van der Waals surface area contributed by atoms with Crippen molar-refractivity contribution in [3.05, 3.63) is 24.3 Å². The van der Waals surface area contributed by atoms with E-state index in [0.29, 0.717) is 6.54 Å². The highest BCUT2D eigenvalue weighted by molar-refractivity contribution is 7.98. The smallest absolute Gasteiger partial charge is 0.243 e. The van der Waals surface area contributed by atoms with Gasteiger partial charge in [-0.15, -0.1) is 11.8 Å². The highest BCUT2D eigenvalue weighted by Crippen LogP contribution is 2.19. The summed E-state index contributed by atoms with van der Waals surface area (Å²) < 4.78 is 26.1. The average Bonchev–Trinajstić information content (AvgIpc) is 3.12. The van der Waals surface area contributed by atoms with Crippen LogP contribution >= 0.6 is 11.8 Å². The van der Waals surface area contributed by atoms with E-state index < -0.39 is 10.0 Å². The molecule has 2 rings (SSSR count). The molecule has 6 nitrogen and oxygen atoms in total. The molecule has 140 valence electrons. The van der Waals surface area contributed by atoms with Crippen molar-refractivity contribution < 1.29 is 13.2 Å². The van der Waals surface area contributed by atoms with Gasteiger partial charge in [0.2, 0.25) is 15.9 Å². The number of sulfonamides is 1. The number of carbonyl (C=O) groups is 1. The predicted molar refractivity (Wildman–Crippen MR) is 101 cm³/mol. The van der Waals surface area contributed by atoms with Gasteiger partial charge >= 0.3 is 0 Å². The van der Waals surface area contributed by atoms with Crippen molar-refractivity contribution in [2.45, 2.75) is 29.1 Å². The SMILES string of the molecule is CSc1ccc(S(=O)(=O)N(C)CC(=O)NCCCN2CCCC2)cc1. The average molecular weight is 386 g/mol. The van der Waals surface area contributed by atoms with Crippen LogP contribution in [-0.4, -0.2) is 69.6 Å². The molecule has 8 heteroatoms. The molecule has 0 radical (unpaired) electrons. The molecule has 0 spiro atoms. The van der Waals surface area contributed by atoms with Gasteiger partial charge in [0.25, 0.3) is 0 Å². The zero-order valence-electron chi connectivity index (χ0n) is 14.9. The van der Waals surface area contributed by atoms with Crippen molar-refractivity contribution in [2.24, 2.45) is 0 Å². The fourth-order valence-electron chi connectivity index (χ4n) is 2.81. The maximum absolute atomic E-state index is 12.5. The number of nitrogens with one attached hydrogen (secondary N) is 1. The highest BCUT2D eigenvalue weighted by atomic mass is 32.2. The summed E-state index contributed by atoms with van der Waals surface area (Å²) in [5.41, 5.74) is 0. The monoisotopic (exact) mass is 385 g/mol. The van der Waals surface area contributed by atoms with Crippen LogP contribution < -0.4 is 5.32 Å². The maximum atomic E-state index is 12.5. The van der Waals surface area contributed by atoms with Crippen LogP contribution in [0.25, 0.3) is 0 Å². The minimum Gasteiger partial charge on any atom is -0.355 e. The zero-order chi connectivity index (χ0) is 18.3. The summed E-state index contributed by atoms with van der Waals surface area (Å²) in [6.45, 7) is 3.67. The molecule has 1 amide bonds. The summed E-state index contributed by atoms with van der Waals surface area (Å²) >= 11 is 1.55. The summed E-state index contributed by atoms with van der Waals surface area (Å²) in [5, 5.41) is 2.80. The number of likely N-dealkylation sites (tertiary alicyclic amines) is 1. The van der Waals surface area contributed by atoms with Crippen LogP contribution in [-0.2, 0) is 14.8 Å². The Morgan fingerprint density at radius 2 is 1.88 bits per heavy atom. The molecule has 0 saturated carbocycles. The lowest BCUT2D eigenvalue weighted by Crippen LogP contribution is -2.39. The molecule has 1 N–H and O–H groups in total. The maximum Gasteiger partial charge on any atom is 0.243 e. The Bertz CT molecular complexity index is 656. The summed E-state index contributed by atoms with van der Waals surface area (Å²) in [5.74, 6) is -0.270. The summed E-state index contributed by atoms with van der Waals surface area (Å²) in [7, 11) is -2.22. The Kier molecular flexibility index (Phi) is 7.74. The summed E-state index contributed by atoms with van der Waals surface area (Å²) in [4.78, 5) is 15.6. The number of hydrogen-bond donors (Lipinski definition) is 1. The van der Waals surface area contributed by atoms with Gasteiger partial charge in [-0.3, -0.25) is 4.79 Å². The number of likely N-dealkylation sites (N-methyl/N-ethyl adjacent to an activating group) is 1. The third-order valence-corrected chi connectivity index (χ3v) is 6.87. The van der Waals surface area contributed by atoms with Crippen LogP contribution in [0.5, 0.6) is 0 Å². The largest absolute Gasteiger partial charge is 0.355 e. The molecule has 0 bridgehead atoms. The van der Waals surface area contributed by atoms with E-state index in [4.69, 9.17) is 0 Å². The fraction of sp³-hybridized carbons (Fsp3) is 0.588. The van der Waals surface area contributed by atoms with Gasteiger partial charge in [0.1, 0.15) is 0 Å². The van der Waals surface area contributed by atoms with Gasteiger partial charge in [-0.05, 0) is 69.4 Å². The number of hydrogen-bond acceptors (Lipinski definition) is 5. The van der Waals surface area contributed by atoms with E-state index in [1.807, 2.05) is 6.26 Å². The van der Waals surface area contributed by atoms with E-state index in [-0.39, 0.29) is 17.3 Å². The van der Waals surface area contributed by atoms with Gasteiger partial charge in [-0.25, -0.2) is 8.42 Å². The number of thioether (sulfide) groups is 1. The second-order valence-corrected chi connectivity index (χ2v) is 9.11. The van der Waals surface area contributed by atoms with E-state index in [0.717, 1.165) is 35.3 Å². The molecule has 1 saturated heterocycles. The molecule has 0 unspecified atom stereocenters. The molecule has 1 aliphatic rings. The predicted octanol–water partition coefficient (Wildman–Crippen LogP) is 1.63. The molecule has 0 aromatic heterocycles. The molecular formula is C17H27N3O3S2. The Hall–Kier alpha value is -1.09. The van der Waals surface area contributed by atoms with Crippen LogP contribution in [0.3, 0.4) is 0 Å². The number of amides is 1. The molecule has 1 aromatic rings. The van der Waals surface area contributed by atoms with E-state index in [2.05, 4.69) is 10.2 Å². The zero-order valence-corrected chi connectivity index (χ0v) is 16.5. The van der Waals surface area contributed by atoms with Crippen molar-refractivity contribution >= 4 is 27.7 Å². The second-order valence-electron chi connectivity index (χ2n) is 6.19. The Labute approximate surface area is 155 Å². The molecule has 1 aliphatic heterocycles. The lowest BCUT2D eigenvalue weighted by molar-refractivity contribution is -0.121. The van der Waals surface area contributed by atoms with Crippen LogP contribution in [0.15, 0.2) is 34.1 Å². The standard InChI is InChI=1S/C17H27N3O3S2/c1-19(25(22,23)16-8-6-15(24-2)7-9-16)14-17(21)18-10-5-13-20-11-3-4-12-20/h6-9H,3-5,10-14H2,1-2H3,(H,18,21). The van der Waals surface area contributed by atoms with E-state index >= 15 is 0 Å². The lowest BCUT2D eigenvalue weighted by atomic mass is 10.4. The first-order valence-electron chi connectivity index (χ1n) is 8.53. The van der Waals surface area contributed by atoms with Crippen molar-refractivity contribution in [1.82, 2.24) is 14.5 Å². The van der Waals surface area contributed by atoms with E-state index in [9.17, 15) is 13.2 Å². The molecule has 1 heterocycles. The first kappa shape index (κ1) is 20.2. The fourth-order valence-corrected chi connectivity index (χ4v) is 4.34. The number of rotatable bonds is 9. The first-order chi connectivity index (χ1) is 11.9. The van der Waals surface area contributed by atoms with Crippen molar-refractivity contribution in [3.8, 4) is 0 Å². The molecular weight excluding hydrogens is 358 g/mol.